The average molecular weight is 383 g/mol. The number of hydrogen-bond donors (Lipinski definition) is 0. The van der Waals surface area contributed by atoms with Crippen molar-refractivity contribution in [1.82, 2.24) is 9.47 Å². The van der Waals surface area contributed by atoms with Gasteiger partial charge in [0, 0.05) is 33.9 Å². The number of carbonyl (C=O) groups is 1. The maximum atomic E-state index is 12.2. The van der Waals surface area contributed by atoms with Crippen molar-refractivity contribution in [2.45, 2.75) is 6.42 Å². The van der Waals surface area contributed by atoms with E-state index in [1.54, 1.807) is 36.2 Å². The van der Waals surface area contributed by atoms with Crippen LogP contribution in [0.2, 0.25) is 0 Å². The highest BCUT2D eigenvalue weighted by atomic mass is 127. The van der Waals surface area contributed by atoms with Crippen LogP contribution in [-0.4, -0.2) is 56.0 Å². The lowest BCUT2D eigenvalue weighted by atomic mass is 10.4. The highest BCUT2D eigenvalue weighted by Crippen LogP contribution is 1.98. The smallest absolute Gasteiger partial charge is 0.415 e. The van der Waals surface area contributed by atoms with Gasteiger partial charge in [0.2, 0.25) is 0 Å². The standard InChI is InChI=1S/C12H22N3O3.HI/c1-13-6-7-15(11-13)12(16)14(8-10-18-3)5-4-9-17-2;/h6-7,11H,4-5,8-10H2,1-3H3;1H/q+1;/p-1. The number of methoxy groups -OCH3 is 2. The SMILES string of the molecule is COCCCN(CCOC)C(=O)n1cc[n+](C)c1.[I-]. The summed E-state index contributed by atoms with van der Waals surface area (Å²) in [6, 6.07) is -0.0382. The predicted molar refractivity (Wildman–Crippen MR) is 66.3 cm³/mol. The molecule has 0 N–H and O–H groups in total. The van der Waals surface area contributed by atoms with E-state index < -0.39 is 0 Å². The lowest BCUT2D eigenvalue weighted by molar-refractivity contribution is -0.670. The molecule has 1 heterocycles. The van der Waals surface area contributed by atoms with Gasteiger partial charge in [0.25, 0.3) is 6.33 Å². The zero-order chi connectivity index (χ0) is 13.4. The maximum Gasteiger partial charge on any atom is 0.415 e. The second-order valence-electron chi connectivity index (χ2n) is 4.10. The number of amides is 1. The summed E-state index contributed by atoms with van der Waals surface area (Å²) in [5.74, 6) is 0. The van der Waals surface area contributed by atoms with Crippen LogP contribution in [0, 0.1) is 0 Å². The molecule has 7 heteroatoms. The maximum absolute atomic E-state index is 12.2. The van der Waals surface area contributed by atoms with E-state index in [-0.39, 0.29) is 30.0 Å². The monoisotopic (exact) mass is 383 g/mol. The molecule has 0 aliphatic rings. The Morgan fingerprint density at radius 1 is 1.26 bits per heavy atom. The molecule has 110 valence electrons. The van der Waals surface area contributed by atoms with Crippen LogP contribution in [0.3, 0.4) is 0 Å². The number of rotatable bonds is 7. The minimum absolute atomic E-state index is 0. The number of halogens is 1. The molecule has 6 nitrogen and oxygen atoms in total. The van der Waals surface area contributed by atoms with Gasteiger partial charge in [0.15, 0.2) is 0 Å². The normalized spacial score (nSPS) is 10.1. The number of carbonyl (C=O) groups excluding carboxylic acids is 1. The quantitative estimate of drug-likeness (QED) is 0.292. The lowest BCUT2D eigenvalue weighted by Gasteiger charge is -2.19. The van der Waals surface area contributed by atoms with Gasteiger partial charge in [-0.05, 0) is 6.42 Å². The van der Waals surface area contributed by atoms with E-state index in [2.05, 4.69) is 0 Å². The molecular formula is C12H22IN3O3. The minimum Gasteiger partial charge on any atom is -1.00 e. The molecule has 1 aromatic rings. The molecule has 0 aliphatic carbocycles. The molecule has 0 aromatic carbocycles. The molecule has 1 amide bonds. The largest absolute Gasteiger partial charge is 1.00 e. The zero-order valence-electron chi connectivity index (χ0n) is 11.7. The lowest BCUT2D eigenvalue weighted by Crippen LogP contribution is -3.00. The third-order valence-corrected chi connectivity index (χ3v) is 2.60. The van der Waals surface area contributed by atoms with Gasteiger partial charge in [-0.2, -0.15) is 4.57 Å². The first-order chi connectivity index (χ1) is 8.69. The first-order valence-corrected chi connectivity index (χ1v) is 5.99. The minimum atomic E-state index is -0.0382. The fourth-order valence-corrected chi connectivity index (χ4v) is 1.63. The number of ether oxygens (including phenoxy) is 2. The summed E-state index contributed by atoms with van der Waals surface area (Å²) in [5, 5.41) is 0. The van der Waals surface area contributed by atoms with E-state index in [4.69, 9.17) is 9.47 Å². The number of imidazole rings is 1. The van der Waals surface area contributed by atoms with Crippen LogP contribution in [0.5, 0.6) is 0 Å². The average Bonchev–Trinajstić information content (AvgIpc) is 2.79. The highest BCUT2D eigenvalue weighted by molar-refractivity contribution is 5.76. The third kappa shape index (κ3) is 6.35. The molecule has 19 heavy (non-hydrogen) atoms. The van der Waals surface area contributed by atoms with Crippen molar-refractivity contribution in [3.63, 3.8) is 0 Å². The van der Waals surface area contributed by atoms with Crippen molar-refractivity contribution in [2.24, 2.45) is 7.05 Å². The Labute approximate surface area is 131 Å². The molecule has 0 spiro atoms. The molecule has 0 saturated heterocycles. The fraction of sp³-hybridized carbons (Fsp3) is 0.667. The van der Waals surface area contributed by atoms with Gasteiger partial charge < -0.3 is 38.4 Å². The Bertz CT molecular complexity index is 371. The van der Waals surface area contributed by atoms with Crippen LogP contribution in [-0.2, 0) is 16.5 Å². The topological polar surface area (TPSA) is 47.6 Å². The summed E-state index contributed by atoms with van der Waals surface area (Å²) in [7, 11) is 5.18. The molecule has 0 fully saturated rings. The summed E-state index contributed by atoms with van der Waals surface area (Å²) in [6.45, 7) is 2.43. The molecular weight excluding hydrogens is 361 g/mol. The number of hydrogen-bond acceptors (Lipinski definition) is 3. The molecule has 0 saturated carbocycles. The molecule has 1 rings (SSSR count). The summed E-state index contributed by atoms with van der Waals surface area (Å²) in [4.78, 5) is 14.0. The predicted octanol–water partition coefficient (Wildman–Crippen LogP) is -2.73. The Morgan fingerprint density at radius 3 is 2.47 bits per heavy atom. The van der Waals surface area contributed by atoms with E-state index in [1.165, 1.54) is 0 Å². The van der Waals surface area contributed by atoms with Gasteiger partial charge in [-0.1, -0.05) is 0 Å². The summed E-state index contributed by atoms with van der Waals surface area (Å²) in [6.07, 6.45) is 6.15. The Hall–Kier alpha value is -0.670. The molecule has 0 radical (unpaired) electrons. The Kier molecular flexibility index (Phi) is 9.80. The first-order valence-electron chi connectivity index (χ1n) is 5.99. The second kappa shape index (κ2) is 10.2. The third-order valence-electron chi connectivity index (χ3n) is 2.60. The van der Waals surface area contributed by atoms with E-state index in [0.717, 1.165) is 6.42 Å². The Balaban J connectivity index is 0.00000324. The van der Waals surface area contributed by atoms with Crippen LogP contribution in [0.1, 0.15) is 6.42 Å². The van der Waals surface area contributed by atoms with Crippen molar-refractivity contribution in [3.8, 4) is 0 Å². The van der Waals surface area contributed by atoms with Crippen molar-refractivity contribution >= 4 is 6.03 Å². The van der Waals surface area contributed by atoms with Gasteiger partial charge in [0.1, 0.15) is 12.4 Å². The molecule has 1 aromatic heterocycles. The van der Waals surface area contributed by atoms with Crippen molar-refractivity contribution in [3.05, 3.63) is 18.7 Å². The van der Waals surface area contributed by atoms with Crippen LogP contribution in [0.4, 0.5) is 4.79 Å². The van der Waals surface area contributed by atoms with Crippen molar-refractivity contribution < 1.29 is 42.8 Å². The van der Waals surface area contributed by atoms with E-state index in [0.29, 0.717) is 26.3 Å². The summed E-state index contributed by atoms with van der Waals surface area (Å²) in [5.41, 5.74) is 0. The first kappa shape index (κ1) is 18.3. The number of aryl methyl sites for hydroxylation is 1. The van der Waals surface area contributed by atoms with Crippen LogP contribution < -0.4 is 28.5 Å². The highest BCUT2D eigenvalue weighted by Gasteiger charge is 2.19. The van der Waals surface area contributed by atoms with Crippen LogP contribution in [0.25, 0.3) is 0 Å². The summed E-state index contributed by atoms with van der Waals surface area (Å²) < 4.78 is 13.4. The number of nitrogens with zero attached hydrogens (tertiary/aromatic N) is 3. The van der Waals surface area contributed by atoms with E-state index >= 15 is 0 Å². The van der Waals surface area contributed by atoms with Crippen LogP contribution >= 0.6 is 0 Å². The second-order valence-corrected chi connectivity index (χ2v) is 4.10. The van der Waals surface area contributed by atoms with Gasteiger partial charge in [-0.3, -0.25) is 0 Å². The van der Waals surface area contributed by atoms with E-state index in [1.807, 2.05) is 17.8 Å². The summed E-state index contributed by atoms with van der Waals surface area (Å²) >= 11 is 0. The van der Waals surface area contributed by atoms with Gasteiger partial charge in [0.05, 0.1) is 13.7 Å². The van der Waals surface area contributed by atoms with Gasteiger partial charge in [-0.25, -0.2) is 9.36 Å². The van der Waals surface area contributed by atoms with E-state index in [9.17, 15) is 4.79 Å². The molecule has 0 atom stereocenters. The van der Waals surface area contributed by atoms with Crippen LogP contribution in [0.15, 0.2) is 18.7 Å². The fourth-order valence-electron chi connectivity index (χ4n) is 1.63. The molecule has 0 bridgehead atoms. The van der Waals surface area contributed by atoms with Gasteiger partial charge in [-0.15, -0.1) is 0 Å². The molecule has 0 aliphatic heterocycles. The van der Waals surface area contributed by atoms with Gasteiger partial charge >= 0.3 is 6.03 Å². The molecule has 0 unspecified atom stereocenters. The zero-order valence-corrected chi connectivity index (χ0v) is 13.9. The van der Waals surface area contributed by atoms with Crippen molar-refractivity contribution in [1.29, 1.82) is 0 Å². The Morgan fingerprint density at radius 2 is 1.95 bits per heavy atom. The van der Waals surface area contributed by atoms with Crippen molar-refractivity contribution in [2.75, 3.05) is 40.5 Å². The number of aromatic nitrogens is 2.